The lowest BCUT2D eigenvalue weighted by molar-refractivity contribution is 0.0692. The number of hydrogen-bond acceptors (Lipinski definition) is 5. The van der Waals surface area contributed by atoms with Crippen molar-refractivity contribution < 1.29 is 18.3 Å². The molecular formula is C12H20N4O4S. The van der Waals surface area contributed by atoms with Gasteiger partial charge in [-0.15, -0.1) is 0 Å². The average molecular weight is 316 g/mol. The number of piperazine rings is 1. The van der Waals surface area contributed by atoms with Crippen molar-refractivity contribution in [2.75, 3.05) is 32.7 Å². The van der Waals surface area contributed by atoms with Gasteiger partial charge in [0.25, 0.3) is 10.0 Å². The van der Waals surface area contributed by atoms with Gasteiger partial charge in [-0.2, -0.15) is 9.40 Å². The molecule has 0 unspecified atom stereocenters. The Morgan fingerprint density at radius 2 is 2.00 bits per heavy atom. The van der Waals surface area contributed by atoms with Gasteiger partial charge in [0, 0.05) is 32.7 Å². The van der Waals surface area contributed by atoms with Gasteiger partial charge in [-0.1, -0.05) is 13.8 Å². The maximum atomic E-state index is 12.5. The third-order valence-electron chi connectivity index (χ3n) is 3.39. The zero-order valence-electron chi connectivity index (χ0n) is 12.1. The maximum Gasteiger partial charge on any atom is 0.340 e. The van der Waals surface area contributed by atoms with Crippen molar-refractivity contribution in [3.05, 3.63) is 11.8 Å². The number of hydrogen-bond donors (Lipinski definition) is 2. The fraction of sp³-hybridized carbons (Fsp3) is 0.667. The molecule has 0 radical (unpaired) electrons. The molecule has 2 rings (SSSR count). The maximum absolute atomic E-state index is 12.5. The number of nitrogens with zero attached hydrogens (tertiary/aromatic N) is 3. The summed E-state index contributed by atoms with van der Waals surface area (Å²) >= 11 is 0. The van der Waals surface area contributed by atoms with E-state index in [0.717, 1.165) is 12.7 Å². The predicted octanol–water partition coefficient (Wildman–Crippen LogP) is 0.0702. The highest BCUT2D eigenvalue weighted by Crippen LogP contribution is 2.19. The molecule has 118 valence electrons. The smallest absolute Gasteiger partial charge is 0.340 e. The van der Waals surface area contributed by atoms with E-state index in [1.54, 1.807) is 0 Å². The van der Waals surface area contributed by atoms with Gasteiger partial charge in [0.15, 0.2) is 5.03 Å². The Morgan fingerprint density at radius 1 is 1.38 bits per heavy atom. The molecule has 0 aromatic carbocycles. The summed E-state index contributed by atoms with van der Waals surface area (Å²) in [7, 11) is -3.84. The Kier molecular flexibility index (Phi) is 4.64. The van der Waals surface area contributed by atoms with Gasteiger partial charge in [0.05, 0.1) is 6.20 Å². The van der Waals surface area contributed by atoms with E-state index < -0.39 is 16.0 Å². The van der Waals surface area contributed by atoms with Crippen LogP contribution in [0.25, 0.3) is 0 Å². The summed E-state index contributed by atoms with van der Waals surface area (Å²) < 4.78 is 26.3. The van der Waals surface area contributed by atoms with Gasteiger partial charge >= 0.3 is 5.97 Å². The highest BCUT2D eigenvalue weighted by Gasteiger charge is 2.33. The van der Waals surface area contributed by atoms with Crippen molar-refractivity contribution in [3.63, 3.8) is 0 Å². The molecule has 8 nitrogen and oxygen atoms in total. The predicted molar refractivity (Wildman–Crippen MR) is 75.6 cm³/mol. The lowest BCUT2D eigenvalue weighted by Gasteiger charge is -2.34. The zero-order valence-corrected chi connectivity index (χ0v) is 12.9. The molecule has 0 atom stereocenters. The summed E-state index contributed by atoms with van der Waals surface area (Å²) in [4.78, 5) is 13.2. The van der Waals surface area contributed by atoms with Gasteiger partial charge in [0.1, 0.15) is 5.56 Å². The third kappa shape index (κ3) is 3.42. The number of carbonyl (C=O) groups is 1. The number of nitrogens with one attached hydrogen (secondary N) is 1. The van der Waals surface area contributed by atoms with E-state index in [4.69, 9.17) is 5.11 Å². The number of sulfonamides is 1. The van der Waals surface area contributed by atoms with Crippen LogP contribution in [-0.4, -0.2) is 71.6 Å². The number of carboxylic acids is 1. The standard InChI is InChI=1S/C12H20N4O4S/c1-9(2)8-15-3-5-16(6-4-15)21(19,20)11-10(12(17)18)7-13-14-11/h7,9H,3-6,8H2,1-2H3,(H,13,14)(H,17,18). The van der Waals surface area contributed by atoms with Crippen molar-refractivity contribution in [2.24, 2.45) is 5.92 Å². The van der Waals surface area contributed by atoms with E-state index in [0.29, 0.717) is 32.1 Å². The highest BCUT2D eigenvalue weighted by molar-refractivity contribution is 7.89. The fourth-order valence-electron chi connectivity index (χ4n) is 2.42. The minimum atomic E-state index is -3.84. The molecule has 1 aromatic heterocycles. The molecule has 0 amide bonds. The van der Waals surface area contributed by atoms with Crippen LogP contribution in [0, 0.1) is 5.92 Å². The molecule has 0 saturated carbocycles. The van der Waals surface area contributed by atoms with Gasteiger partial charge in [-0.3, -0.25) is 5.10 Å². The molecule has 1 saturated heterocycles. The Bertz CT molecular complexity index is 603. The van der Waals surface area contributed by atoms with E-state index >= 15 is 0 Å². The second kappa shape index (κ2) is 6.12. The lowest BCUT2D eigenvalue weighted by Crippen LogP contribution is -2.49. The van der Waals surface area contributed by atoms with E-state index in [1.807, 2.05) is 0 Å². The number of carboxylic acid groups (broad SMARTS) is 1. The van der Waals surface area contributed by atoms with Gasteiger partial charge in [-0.05, 0) is 5.92 Å². The number of aromatic nitrogens is 2. The molecule has 1 fully saturated rings. The molecule has 21 heavy (non-hydrogen) atoms. The number of aromatic carboxylic acids is 1. The largest absolute Gasteiger partial charge is 0.478 e. The molecule has 0 spiro atoms. The summed E-state index contributed by atoms with van der Waals surface area (Å²) in [6, 6.07) is 0. The topological polar surface area (TPSA) is 107 Å². The van der Waals surface area contributed by atoms with Gasteiger partial charge in [0.2, 0.25) is 0 Å². The summed E-state index contributed by atoms with van der Waals surface area (Å²) in [6.07, 6.45) is 1.02. The first-order valence-electron chi connectivity index (χ1n) is 6.81. The normalized spacial score (nSPS) is 18.2. The van der Waals surface area contributed by atoms with Crippen LogP contribution in [0.3, 0.4) is 0 Å². The molecule has 9 heteroatoms. The lowest BCUT2D eigenvalue weighted by atomic mass is 10.2. The molecule has 0 bridgehead atoms. The van der Waals surface area contributed by atoms with Crippen LogP contribution in [-0.2, 0) is 10.0 Å². The Balaban J connectivity index is 2.12. The quantitative estimate of drug-likeness (QED) is 0.796. The van der Waals surface area contributed by atoms with E-state index in [-0.39, 0.29) is 10.6 Å². The molecule has 1 aromatic rings. The summed E-state index contributed by atoms with van der Waals surface area (Å²) in [6.45, 7) is 7.17. The summed E-state index contributed by atoms with van der Waals surface area (Å²) in [5.41, 5.74) is -0.320. The van der Waals surface area contributed by atoms with Crippen molar-refractivity contribution in [1.29, 1.82) is 0 Å². The van der Waals surface area contributed by atoms with Crippen molar-refractivity contribution in [3.8, 4) is 0 Å². The summed E-state index contributed by atoms with van der Waals surface area (Å²) in [5, 5.41) is 14.5. The SMILES string of the molecule is CC(C)CN1CCN(S(=O)(=O)c2[nH]ncc2C(=O)O)CC1. The van der Waals surface area contributed by atoms with Crippen LogP contribution in [0.15, 0.2) is 11.2 Å². The Morgan fingerprint density at radius 3 is 2.52 bits per heavy atom. The van der Waals surface area contributed by atoms with Gasteiger partial charge < -0.3 is 10.0 Å². The second-order valence-electron chi connectivity index (χ2n) is 5.52. The van der Waals surface area contributed by atoms with Crippen LogP contribution < -0.4 is 0 Å². The number of aromatic amines is 1. The summed E-state index contributed by atoms with van der Waals surface area (Å²) in [5.74, 6) is -0.778. The molecule has 2 heterocycles. The first kappa shape index (κ1) is 15.9. The minimum Gasteiger partial charge on any atom is -0.478 e. The molecular weight excluding hydrogens is 296 g/mol. The van der Waals surface area contributed by atoms with E-state index in [2.05, 4.69) is 28.9 Å². The molecule has 1 aliphatic rings. The Labute approximate surface area is 123 Å². The van der Waals surface area contributed by atoms with E-state index in [9.17, 15) is 13.2 Å². The third-order valence-corrected chi connectivity index (χ3v) is 5.26. The first-order valence-corrected chi connectivity index (χ1v) is 8.25. The minimum absolute atomic E-state index is 0.320. The molecule has 1 aliphatic heterocycles. The highest BCUT2D eigenvalue weighted by atomic mass is 32.2. The van der Waals surface area contributed by atoms with E-state index in [1.165, 1.54) is 4.31 Å². The van der Waals surface area contributed by atoms with Crippen LogP contribution in [0.2, 0.25) is 0 Å². The second-order valence-corrected chi connectivity index (χ2v) is 7.39. The van der Waals surface area contributed by atoms with Crippen molar-refractivity contribution in [1.82, 2.24) is 19.4 Å². The van der Waals surface area contributed by atoms with Crippen LogP contribution in [0.5, 0.6) is 0 Å². The Hall–Kier alpha value is -1.45. The number of H-pyrrole nitrogens is 1. The van der Waals surface area contributed by atoms with Crippen LogP contribution >= 0.6 is 0 Å². The van der Waals surface area contributed by atoms with Crippen molar-refractivity contribution >= 4 is 16.0 Å². The first-order chi connectivity index (χ1) is 9.82. The number of rotatable bonds is 5. The average Bonchev–Trinajstić information content (AvgIpc) is 2.88. The van der Waals surface area contributed by atoms with Crippen molar-refractivity contribution in [2.45, 2.75) is 18.9 Å². The monoisotopic (exact) mass is 316 g/mol. The van der Waals surface area contributed by atoms with Crippen LogP contribution in [0.4, 0.5) is 0 Å². The zero-order chi connectivity index (χ0) is 15.6. The van der Waals surface area contributed by atoms with Gasteiger partial charge in [-0.25, -0.2) is 13.2 Å². The van der Waals surface area contributed by atoms with Crippen LogP contribution in [0.1, 0.15) is 24.2 Å². The molecule has 0 aliphatic carbocycles. The molecule has 2 N–H and O–H groups in total. The fourth-order valence-corrected chi connectivity index (χ4v) is 3.91.